The lowest BCUT2D eigenvalue weighted by atomic mass is 10.0. The van der Waals surface area contributed by atoms with Gasteiger partial charge < -0.3 is 24.4 Å². The average molecular weight is 349 g/mol. The Morgan fingerprint density at radius 3 is 2.72 bits per heavy atom. The van der Waals surface area contributed by atoms with Crippen LogP contribution in [0.1, 0.15) is 12.8 Å². The normalized spacial score (nSPS) is 21.7. The van der Waals surface area contributed by atoms with E-state index in [9.17, 15) is 4.79 Å². The number of ether oxygens (including phenoxy) is 3. The molecule has 7 heteroatoms. The number of benzene rings is 1. The van der Waals surface area contributed by atoms with E-state index >= 15 is 0 Å². The maximum Gasteiger partial charge on any atom is 0.322 e. The van der Waals surface area contributed by atoms with Crippen LogP contribution in [-0.4, -0.2) is 75.5 Å². The van der Waals surface area contributed by atoms with Crippen molar-refractivity contribution in [2.24, 2.45) is 0 Å². The summed E-state index contributed by atoms with van der Waals surface area (Å²) in [5.74, 6) is 1.29. The van der Waals surface area contributed by atoms with Gasteiger partial charge in [0.25, 0.3) is 0 Å². The average Bonchev–Trinajstić information content (AvgIpc) is 2.69. The summed E-state index contributed by atoms with van der Waals surface area (Å²) >= 11 is 0. The van der Waals surface area contributed by atoms with Crippen LogP contribution in [0.5, 0.6) is 11.5 Å². The third kappa shape index (κ3) is 4.35. The number of likely N-dealkylation sites (tertiary alicyclic amines) is 1. The van der Waals surface area contributed by atoms with E-state index in [1.54, 1.807) is 26.4 Å². The molecule has 0 spiro atoms. The van der Waals surface area contributed by atoms with Crippen molar-refractivity contribution in [1.82, 2.24) is 9.80 Å². The number of urea groups is 1. The standard InChI is InChI=1S/C18H27N3O4/c1-23-15-5-6-16(17(12-15)24-2)19-18(22)21-7-3-4-14(13-21)20-8-10-25-11-9-20/h5-6,12,14H,3-4,7-11,13H2,1-2H3,(H,19,22)/t14-/m1/s1. The maximum absolute atomic E-state index is 12.7. The van der Waals surface area contributed by atoms with Crippen molar-refractivity contribution < 1.29 is 19.0 Å². The second-order valence-electron chi connectivity index (χ2n) is 6.39. The number of anilines is 1. The van der Waals surface area contributed by atoms with E-state index in [4.69, 9.17) is 14.2 Å². The van der Waals surface area contributed by atoms with E-state index in [0.717, 1.165) is 52.2 Å². The Kier molecular flexibility index (Phi) is 5.99. The Morgan fingerprint density at radius 1 is 1.20 bits per heavy atom. The molecule has 2 aliphatic heterocycles. The van der Waals surface area contributed by atoms with Gasteiger partial charge in [0, 0.05) is 38.3 Å². The van der Waals surface area contributed by atoms with Gasteiger partial charge in [0.1, 0.15) is 11.5 Å². The second-order valence-corrected chi connectivity index (χ2v) is 6.39. The highest BCUT2D eigenvalue weighted by Crippen LogP contribution is 2.29. The Labute approximate surface area is 148 Å². The van der Waals surface area contributed by atoms with E-state index in [1.807, 2.05) is 11.0 Å². The van der Waals surface area contributed by atoms with E-state index in [2.05, 4.69) is 10.2 Å². The van der Waals surface area contributed by atoms with Crippen LogP contribution in [0.15, 0.2) is 18.2 Å². The highest BCUT2D eigenvalue weighted by molar-refractivity contribution is 5.91. The number of piperidine rings is 1. The predicted molar refractivity (Wildman–Crippen MR) is 95.6 cm³/mol. The van der Waals surface area contributed by atoms with Crippen LogP contribution in [-0.2, 0) is 4.74 Å². The number of hydrogen-bond donors (Lipinski definition) is 1. The van der Waals surface area contributed by atoms with Crippen LogP contribution in [0.4, 0.5) is 10.5 Å². The van der Waals surface area contributed by atoms with Crippen LogP contribution in [0.25, 0.3) is 0 Å². The van der Waals surface area contributed by atoms with Crippen molar-refractivity contribution in [2.75, 3.05) is 58.9 Å². The van der Waals surface area contributed by atoms with Crippen LogP contribution >= 0.6 is 0 Å². The zero-order valence-electron chi connectivity index (χ0n) is 15.0. The number of nitrogens with zero attached hydrogens (tertiary/aromatic N) is 2. The molecule has 0 aliphatic carbocycles. The first-order valence-electron chi connectivity index (χ1n) is 8.81. The van der Waals surface area contributed by atoms with Gasteiger partial charge in [-0.25, -0.2) is 4.79 Å². The smallest absolute Gasteiger partial charge is 0.322 e. The van der Waals surface area contributed by atoms with Gasteiger partial charge in [0.2, 0.25) is 0 Å². The monoisotopic (exact) mass is 349 g/mol. The summed E-state index contributed by atoms with van der Waals surface area (Å²) in [6, 6.07) is 5.72. The second kappa shape index (κ2) is 8.40. The first kappa shape index (κ1) is 17.8. The maximum atomic E-state index is 12.7. The number of amides is 2. The molecule has 1 N–H and O–H groups in total. The summed E-state index contributed by atoms with van der Waals surface area (Å²) < 4.78 is 16.0. The van der Waals surface area contributed by atoms with Crippen molar-refractivity contribution in [3.63, 3.8) is 0 Å². The summed E-state index contributed by atoms with van der Waals surface area (Å²) in [7, 11) is 3.19. The molecule has 1 aromatic rings. The van der Waals surface area contributed by atoms with E-state index < -0.39 is 0 Å². The molecule has 0 radical (unpaired) electrons. The Morgan fingerprint density at radius 2 is 2.00 bits per heavy atom. The molecule has 0 bridgehead atoms. The molecule has 2 heterocycles. The predicted octanol–water partition coefficient (Wildman–Crippen LogP) is 2.03. The first-order chi connectivity index (χ1) is 12.2. The summed E-state index contributed by atoms with van der Waals surface area (Å²) in [6.07, 6.45) is 2.16. The Bertz CT molecular complexity index is 590. The fraction of sp³-hybridized carbons (Fsp3) is 0.611. The number of carbonyl (C=O) groups excluding carboxylic acids is 1. The molecule has 0 aromatic heterocycles. The molecule has 0 saturated carbocycles. The molecule has 2 fully saturated rings. The molecule has 1 atom stereocenters. The van der Waals surface area contributed by atoms with Gasteiger partial charge in [-0.15, -0.1) is 0 Å². The molecule has 2 amide bonds. The molecule has 7 nitrogen and oxygen atoms in total. The lowest BCUT2D eigenvalue weighted by molar-refractivity contribution is 0.00248. The molecule has 2 saturated heterocycles. The van der Waals surface area contributed by atoms with Crippen molar-refractivity contribution >= 4 is 11.7 Å². The molecule has 1 aromatic carbocycles. The number of nitrogens with one attached hydrogen (secondary N) is 1. The molecule has 2 aliphatic rings. The van der Waals surface area contributed by atoms with Crippen LogP contribution < -0.4 is 14.8 Å². The van der Waals surface area contributed by atoms with E-state index in [-0.39, 0.29) is 6.03 Å². The minimum Gasteiger partial charge on any atom is -0.497 e. The van der Waals surface area contributed by atoms with Gasteiger partial charge in [0.05, 0.1) is 33.1 Å². The number of rotatable bonds is 4. The fourth-order valence-corrected chi connectivity index (χ4v) is 3.48. The SMILES string of the molecule is COc1ccc(NC(=O)N2CCC[C@@H](N3CCOCC3)C2)c(OC)c1. The van der Waals surface area contributed by atoms with E-state index in [1.165, 1.54) is 0 Å². The van der Waals surface area contributed by atoms with Crippen molar-refractivity contribution in [3.05, 3.63) is 18.2 Å². The molecular weight excluding hydrogens is 322 g/mol. The van der Waals surface area contributed by atoms with Crippen LogP contribution in [0.3, 0.4) is 0 Å². The molecule has 3 rings (SSSR count). The minimum absolute atomic E-state index is 0.0820. The summed E-state index contributed by atoms with van der Waals surface area (Å²) in [6.45, 7) is 5.01. The molecule has 25 heavy (non-hydrogen) atoms. The van der Waals surface area contributed by atoms with E-state index in [0.29, 0.717) is 23.2 Å². The third-order valence-electron chi connectivity index (χ3n) is 4.90. The zero-order chi connectivity index (χ0) is 17.6. The third-order valence-corrected chi connectivity index (χ3v) is 4.90. The lowest BCUT2D eigenvalue weighted by Crippen LogP contribution is -2.53. The lowest BCUT2D eigenvalue weighted by Gasteiger charge is -2.40. The summed E-state index contributed by atoms with van der Waals surface area (Å²) in [4.78, 5) is 17.0. The van der Waals surface area contributed by atoms with Gasteiger partial charge in [-0.3, -0.25) is 4.90 Å². The quantitative estimate of drug-likeness (QED) is 0.901. The molecule has 138 valence electrons. The molecule has 0 unspecified atom stereocenters. The van der Waals surface area contributed by atoms with Crippen molar-refractivity contribution in [1.29, 1.82) is 0 Å². The minimum atomic E-state index is -0.0820. The van der Waals surface area contributed by atoms with Gasteiger partial charge in [-0.05, 0) is 25.0 Å². The topological polar surface area (TPSA) is 63.3 Å². The first-order valence-corrected chi connectivity index (χ1v) is 8.81. The largest absolute Gasteiger partial charge is 0.497 e. The number of morpholine rings is 1. The Balaban J connectivity index is 1.62. The number of methoxy groups -OCH3 is 2. The number of hydrogen-bond acceptors (Lipinski definition) is 5. The zero-order valence-corrected chi connectivity index (χ0v) is 15.0. The van der Waals surface area contributed by atoms with Crippen LogP contribution in [0.2, 0.25) is 0 Å². The van der Waals surface area contributed by atoms with Crippen molar-refractivity contribution in [2.45, 2.75) is 18.9 Å². The Hall–Kier alpha value is -1.99. The highest BCUT2D eigenvalue weighted by Gasteiger charge is 2.29. The summed E-state index contributed by atoms with van der Waals surface area (Å²) in [5.41, 5.74) is 0.654. The summed E-state index contributed by atoms with van der Waals surface area (Å²) in [5, 5.41) is 2.97. The fourth-order valence-electron chi connectivity index (χ4n) is 3.48. The highest BCUT2D eigenvalue weighted by atomic mass is 16.5. The van der Waals surface area contributed by atoms with Gasteiger partial charge in [-0.1, -0.05) is 0 Å². The van der Waals surface area contributed by atoms with Crippen LogP contribution in [0, 0.1) is 0 Å². The molecular formula is C18H27N3O4. The van der Waals surface area contributed by atoms with Gasteiger partial charge in [0.15, 0.2) is 0 Å². The van der Waals surface area contributed by atoms with Gasteiger partial charge in [-0.2, -0.15) is 0 Å². The number of carbonyl (C=O) groups is 1. The van der Waals surface area contributed by atoms with Crippen molar-refractivity contribution in [3.8, 4) is 11.5 Å². The van der Waals surface area contributed by atoms with Gasteiger partial charge >= 0.3 is 6.03 Å².